The van der Waals surface area contributed by atoms with Crippen LogP contribution in [0, 0.1) is 0 Å². The van der Waals surface area contributed by atoms with E-state index in [4.69, 9.17) is 10.3 Å². The van der Waals surface area contributed by atoms with Crippen LogP contribution in [-0.2, 0) is 9.53 Å². The predicted octanol–water partition coefficient (Wildman–Crippen LogP) is 2.39. The zero-order valence-electron chi connectivity index (χ0n) is 10.2. The van der Waals surface area contributed by atoms with Gasteiger partial charge in [0.1, 0.15) is 0 Å². The second-order valence-electron chi connectivity index (χ2n) is 3.55. The first kappa shape index (κ1) is 13.1. The van der Waals surface area contributed by atoms with E-state index in [-0.39, 0.29) is 12.3 Å². The number of nitrogens with zero attached hydrogens (tertiary/aromatic N) is 3. The number of ether oxygens (including phenoxy) is 1. The molecule has 0 saturated heterocycles. The monoisotopic (exact) mass is 273 g/mol. The molecule has 5 nitrogen and oxygen atoms in total. The summed E-state index contributed by atoms with van der Waals surface area (Å²) in [7, 11) is 0. The Morgan fingerprint density at radius 1 is 1.47 bits per heavy atom. The van der Waals surface area contributed by atoms with Crippen LogP contribution in [0.3, 0.4) is 0 Å². The van der Waals surface area contributed by atoms with Gasteiger partial charge in [0.2, 0.25) is 0 Å². The summed E-state index contributed by atoms with van der Waals surface area (Å²) in [5, 5.41) is 1.81. The zero-order chi connectivity index (χ0) is 13.7. The molecule has 6 heteroatoms. The van der Waals surface area contributed by atoms with Crippen molar-refractivity contribution in [2.45, 2.75) is 6.92 Å². The second-order valence-corrected chi connectivity index (χ2v) is 4.46. The van der Waals surface area contributed by atoms with Gasteiger partial charge in [0.25, 0.3) is 0 Å². The largest absolute Gasteiger partial charge is 0.457 e. The summed E-state index contributed by atoms with van der Waals surface area (Å²) < 4.78 is 4.86. The average molecular weight is 273 g/mol. The fourth-order valence-corrected chi connectivity index (χ4v) is 2.47. The van der Waals surface area contributed by atoms with E-state index in [1.165, 1.54) is 11.3 Å². The van der Waals surface area contributed by atoms with E-state index in [0.717, 1.165) is 10.6 Å². The fourth-order valence-electron chi connectivity index (χ4n) is 1.60. The van der Waals surface area contributed by atoms with Crippen LogP contribution in [0.2, 0.25) is 0 Å². The lowest BCUT2D eigenvalue weighted by Crippen LogP contribution is -2.19. The number of esters is 1. The van der Waals surface area contributed by atoms with Crippen molar-refractivity contribution in [1.82, 2.24) is 4.98 Å². The first-order valence-electron chi connectivity index (χ1n) is 5.66. The minimum Gasteiger partial charge on any atom is -0.457 e. The number of thiophene rings is 1. The van der Waals surface area contributed by atoms with Gasteiger partial charge in [-0.3, -0.25) is 4.98 Å². The molecular formula is C13H11N3O2S. The smallest absolute Gasteiger partial charge is 0.422 e. The molecular weight excluding hydrogens is 262 g/mol. The number of carbonyl (C=O) groups is 1. The number of hydrogen-bond donors (Lipinski definition) is 0. The van der Waals surface area contributed by atoms with Gasteiger partial charge in [0, 0.05) is 6.20 Å². The highest BCUT2D eigenvalue weighted by molar-refractivity contribution is 7.14. The van der Waals surface area contributed by atoms with E-state index in [9.17, 15) is 4.79 Å². The topological polar surface area (TPSA) is 75.6 Å². The number of aromatic nitrogens is 1. The summed E-state index contributed by atoms with van der Waals surface area (Å²) >= 11 is 1.42. The normalized spacial score (nSPS) is 9.74. The van der Waals surface area contributed by atoms with Gasteiger partial charge in [-0.05, 0) is 30.5 Å². The van der Waals surface area contributed by atoms with E-state index in [1.807, 2.05) is 23.6 Å². The zero-order valence-corrected chi connectivity index (χ0v) is 11.1. The van der Waals surface area contributed by atoms with Crippen LogP contribution in [0.4, 0.5) is 0 Å². The maximum absolute atomic E-state index is 11.7. The van der Waals surface area contributed by atoms with Crippen molar-refractivity contribution in [3.05, 3.63) is 46.9 Å². The van der Waals surface area contributed by atoms with Crippen molar-refractivity contribution in [3.63, 3.8) is 0 Å². The van der Waals surface area contributed by atoms with Gasteiger partial charge in [-0.25, -0.2) is 4.79 Å². The summed E-state index contributed by atoms with van der Waals surface area (Å²) in [5.74, 6) is -0.652. The highest BCUT2D eigenvalue weighted by Gasteiger charge is 2.28. The molecule has 0 radical (unpaired) electrons. The second kappa shape index (κ2) is 6.04. The third kappa shape index (κ3) is 2.76. The Kier molecular flexibility index (Phi) is 4.18. The molecule has 2 aromatic heterocycles. The molecule has 0 aliphatic carbocycles. The number of hydrogen-bond acceptors (Lipinski definition) is 4. The van der Waals surface area contributed by atoms with E-state index in [2.05, 4.69) is 9.77 Å². The Morgan fingerprint density at radius 3 is 2.95 bits per heavy atom. The fraction of sp³-hybridized carbons (Fsp3) is 0.154. The van der Waals surface area contributed by atoms with Crippen LogP contribution in [0.1, 0.15) is 12.5 Å². The molecule has 0 bridgehead atoms. The van der Waals surface area contributed by atoms with Gasteiger partial charge in [-0.1, -0.05) is 6.07 Å². The maximum atomic E-state index is 11.7. The Hall–Kier alpha value is -2.30. The van der Waals surface area contributed by atoms with Gasteiger partial charge < -0.3 is 10.3 Å². The lowest BCUT2D eigenvalue weighted by Gasteiger charge is -2.00. The van der Waals surface area contributed by atoms with E-state index in [1.54, 1.807) is 19.2 Å². The molecule has 0 aliphatic heterocycles. The minimum atomic E-state index is -0.652. The highest BCUT2D eigenvalue weighted by atomic mass is 32.1. The van der Waals surface area contributed by atoms with E-state index >= 15 is 0 Å². The van der Waals surface area contributed by atoms with Gasteiger partial charge in [-0.15, -0.1) is 11.3 Å². The third-order valence-electron chi connectivity index (χ3n) is 2.39. The summed E-state index contributed by atoms with van der Waals surface area (Å²) in [4.78, 5) is 19.8. The SMILES string of the molecule is CCOC(=O)C(=[N+]=[N-])c1ccsc1-c1ccccn1. The average Bonchev–Trinajstić information content (AvgIpc) is 2.90. The summed E-state index contributed by atoms with van der Waals surface area (Å²) in [6.07, 6.45) is 1.67. The Labute approximate surface area is 114 Å². The summed E-state index contributed by atoms with van der Waals surface area (Å²) in [6, 6.07) is 7.20. The molecule has 0 aromatic carbocycles. The highest BCUT2D eigenvalue weighted by Crippen LogP contribution is 2.28. The lowest BCUT2D eigenvalue weighted by molar-refractivity contribution is -0.139. The van der Waals surface area contributed by atoms with Crippen molar-refractivity contribution < 1.29 is 14.3 Å². The standard InChI is InChI=1S/C13H11N3O2S/c1-2-18-13(17)11(16-14)9-6-8-19-12(9)10-5-3-4-7-15-10/h3-8H,2H2,1H3. The quantitative estimate of drug-likeness (QED) is 0.371. The van der Waals surface area contributed by atoms with Crippen molar-refractivity contribution >= 4 is 23.0 Å². The third-order valence-corrected chi connectivity index (χ3v) is 3.32. The molecule has 0 aliphatic rings. The van der Waals surface area contributed by atoms with Gasteiger partial charge in [0.05, 0.1) is 22.7 Å². The molecule has 0 amide bonds. The van der Waals surface area contributed by atoms with Crippen LogP contribution in [0.25, 0.3) is 16.1 Å². The minimum absolute atomic E-state index is 0.108. The van der Waals surface area contributed by atoms with Crippen LogP contribution in [0.5, 0.6) is 0 Å². The van der Waals surface area contributed by atoms with Crippen LogP contribution < -0.4 is 0 Å². The Morgan fingerprint density at radius 2 is 2.32 bits per heavy atom. The summed E-state index contributed by atoms with van der Waals surface area (Å²) in [6.45, 7) is 1.92. The molecule has 0 atom stereocenters. The lowest BCUT2D eigenvalue weighted by atomic mass is 10.1. The van der Waals surface area contributed by atoms with Crippen molar-refractivity contribution in [2.75, 3.05) is 6.61 Å². The van der Waals surface area contributed by atoms with Crippen molar-refractivity contribution in [1.29, 1.82) is 0 Å². The molecule has 2 rings (SSSR count). The molecule has 0 fully saturated rings. The first-order chi connectivity index (χ1) is 9.27. The molecule has 2 aromatic rings. The van der Waals surface area contributed by atoms with Gasteiger partial charge in [0.15, 0.2) is 0 Å². The van der Waals surface area contributed by atoms with Crippen LogP contribution in [0.15, 0.2) is 35.8 Å². The Balaban J connectivity index is 2.45. The van der Waals surface area contributed by atoms with Crippen LogP contribution in [-0.4, -0.2) is 28.1 Å². The van der Waals surface area contributed by atoms with Crippen molar-refractivity contribution in [3.8, 4) is 10.6 Å². The van der Waals surface area contributed by atoms with E-state index < -0.39 is 5.97 Å². The number of pyridine rings is 1. The predicted molar refractivity (Wildman–Crippen MR) is 71.9 cm³/mol. The van der Waals surface area contributed by atoms with Gasteiger partial charge in [-0.2, -0.15) is 4.79 Å². The van der Waals surface area contributed by atoms with Crippen LogP contribution >= 0.6 is 11.3 Å². The number of rotatable bonds is 4. The Bertz CT molecular complexity index is 630. The van der Waals surface area contributed by atoms with Crippen molar-refractivity contribution in [2.24, 2.45) is 0 Å². The molecule has 0 N–H and O–H groups in total. The molecule has 96 valence electrons. The first-order valence-corrected chi connectivity index (χ1v) is 6.54. The van der Waals surface area contributed by atoms with Gasteiger partial charge >= 0.3 is 11.7 Å². The number of carbonyl (C=O) groups excluding carboxylic acids is 1. The summed E-state index contributed by atoms with van der Waals surface area (Å²) in [5.41, 5.74) is 10.2. The maximum Gasteiger partial charge on any atom is 0.422 e. The molecule has 0 spiro atoms. The molecule has 2 heterocycles. The molecule has 19 heavy (non-hydrogen) atoms. The molecule has 0 saturated carbocycles. The molecule has 0 unspecified atom stereocenters. The van der Waals surface area contributed by atoms with E-state index in [0.29, 0.717) is 5.56 Å².